The normalized spacial score (nSPS) is 10.4. The minimum atomic E-state index is -0.495. The second kappa shape index (κ2) is 7.39. The van der Waals surface area contributed by atoms with Gasteiger partial charge in [0.25, 0.3) is 5.69 Å². The maximum Gasteiger partial charge on any atom is 0.269 e. The van der Waals surface area contributed by atoms with Crippen molar-refractivity contribution in [3.63, 3.8) is 0 Å². The molecule has 0 heterocycles. The first kappa shape index (κ1) is 15.7. The van der Waals surface area contributed by atoms with Gasteiger partial charge in [-0.3, -0.25) is 10.1 Å². The van der Waals surface area contributed by atoms with Gasteiger partial charge >= 0.3 is 0 Å². The number of para-hydroxylation sites is 1. The smallest absolute Gasteiger partial charge is 0.269 e. The van der Waals surface area contributed by atoms with Crippen molar-refractivity contribution < 1.29 is 9.66 Å². The summed E-state index contributed by atoms with van der Waals surface area (Å²) in [4.78, 5) is 10.2. The molecule has 2 aromatic rings. The highest BCUT2D eigenvalue weighted by Crippen LogP contribution is 2.25. The van der Waals surface area contributed by atoms with Crippen LogP contribution in [0.15, 0.2) is 48.5 Å². The maximum atomic E-state index is 10.7. The zero-order valence-electron chi connectivity index (χ0n) is 12.0. The molecule has 0 aliphatic rings. The van der Waals surface area contributed by atoms with Crippen molar-refractivity contribution in [1.29, 1.82) is 10.5 Å². The van der Waals surface area contributed by atoms with E-state index in [0.717, 1.165) is 0 Å². The minimum Gasteiger partial charge on any atom is -0.478 e. The Morgan fingerprint density at radius 3 is 2.48 bits per heavy atom. The van der Waals surface area contributed by atoms with Gasteiger partial charge in [0.1, 0.15) is 11.8 Å². The Morgan fingerprint density at radius 2 is 1.87 bits per heavy atom. The summed E-state index contributed by atoms with van der Waals surface area (Å²) in [5, 5.41) is 28.6. The Hall–Kier alpha value is -3.64. The largest absolute Gasteiger partial charge is 0.478 e. The predicted molar refractivity (Wildman–Crippen MR) is 84.1 cm³/mol. The molecule has 2 rings (SSSR count). The third-order valence-corrected chi connectivity index (χ3v) is 3.02. The molecular weight excluding hydrogens is 294 g/mol. The van der Waals surface area contributed by atoms with Crippen molar-refractivity contribution >= 4 is 17.3 Å². The molecule has 0 radical (unpaired) electrons. The fourth-order valence-corrected chi connectivity index (χ4v) is 1.94. The predicted octanol–water partition coefficient (Wildman–Crippen LogP) is 3.56. The van der Waals surface area contributed by atoms with Gasteiger partial charge in [0.05, 0.1) is 16.6 Å². The number of allylic oxidation sites excluding steroid dienone is 1. The number of benzene rings is 2. The topological polar surface area (TPSA) is 99.9 Å². The van der Waals surface area contributed by atoms with Crippen LogP contribution in [0.3, 0.4) is 0 Å². The van der Waals surface area contributed by atoms with Crippen LogP contribution in [0.1, 0.15) is 11.1 Å². The van der Waals surface area contributed by atoms with Crippen LogP contribution in [0.4, 0.5) is 5.69 Å². The van der Waals surface area contributed by atoms with Crippen molar-refractivity contribution in [2.75, 3.05) is 6.61 Å². The van der Waals surface area contributed by atoms with Crippen LogP contribution >= 0.6 is 0 Å². The van der Waals surface area contributed by atoms with Gasteiger partial charge in [-0.15, -0.1) is 0 Å². The molecule has 0 unspecified atom stereocenters. The molecule has 6 nitrogen and oxygen atoms in total. The number of hydrogen-bond donors (Lipinski definition) is 0. The Labute approximate surface area is 132 Å². The van der Waals surface area contributed by atoms with E-state index in [-0.39, 0.29) is 12.3 Å². The first-order valence-corrected chi connectivity index (χ1v) is 6.61. The third kappa shape index (κ3) is 3.93. The van der Waals surface area contributed by atoms with Crippen LogP contribution in [0.5, 0.6) is 5.75 Å². The first-order chi connectivity index (χ1) is 11.2. The SMILES string of the molecule is N#CCOc1ccccc1/C=C(/C#N)c1ccc([N+](=O)[O-])cc1. The molecule has 0 aliphatic carbocycles. The molecule has 0 aliphatic heterocycles. The van der Waals surface area contributed by atoms with Gasteiger partial charge in [-0.1, -0.05) is 18.2 Å². The number of non-ortho nitro benzene ring substituents is 1. The molecule has 0 amide bonds. The summed E-state index contributed by atoms with van der Waals surface area (Å²) in [6, 6.07) is 16.7. The Balaban J connectivity index is 2.38. The lowest BCUT2D eigenvalue weighted by Crippen LogP contribution is -1.95. The van der Waals surface area contributed by atoms with Crippen LogP contribution in [-0.2, 0) is 0 Å². The fraction of sp³-hybridized carbons (Fsp3) is 0.0588. The van der Waals surface area contributed by atoms with Gasteiger partial charge in [-0.25, -0.2) is 0 Å². The highest BCUT2D eigenvalue weighted by Gasteiger charge is 2.08. The van der Waals surface area contributed by atoms with Gasteiger partial charge in [-0.2, -0.15) is 10.5 Å². The Morgan fingerprint density at radius 1 is 1.17 bits per heavy atom. The monoisotopic (exact) mass is 305 g/mol. The number of nitro benzene ring substituents is 1. The lowest BCUT2D eigenvalue weighted by atomic mass is 10.0. The molecule has 0 saturated heterocycles. The number of ether oxygens (including phenoxy) is 1. The van der Waals surface area contributed by atoms with E-state index < -0.39 is 4.92 Å². The van der Waals surface area contributed by atoms with E-state index in [4.69, 9.17) is 10.00 Å². The molecule has 0 bridgehead atoms. The molecule has 0 spiro atoms. The molecule has 2 aromatic carbocycles. The molecule has 0 saturated carbocycles. The molecular formula is C17H11N3O3. The highest BCUT2D eigenvalue weighted by atomic mass is 16.6. The second-order valence-electron chi connectivity index (χ2n) is 4.46. The van der Waals surface area contributed by atoms with E-state index in [0.29, 0.717) is 22.4 Å². The van der Waals surface area contributed by atoms with Crippen molar-refractivity contribution in [3.05, 3.63) is 69.8 Å². The molecule has 0 atom stereocenters. The Kier molecular flexibility index (Phi) is 5.06. The van der Waals surface area contributed by atoms with Gasteiger partial charge in [0.2, 0.25) is 0 Å². The minimum absolute atomic E-state index is 0.0382. The number of hydrogen-bond acceptors (Lipinski definition) is 5. The van der Waals surface area contributed by atoms with Crippen molar-refractivity contribution in [2.45, 2.75) is 0 Å². The lowest BCUT2D eigenvalue weighted by Gasteiger charge is -2.06. The molecule has 112 valence electrons. The van der Waals surface area contributed by atoms with Crippen LogP contribution in [0.25, 0.3) is 11.6 Å². The highest BCUT2D eigenvalue weighted by molar-refractivity contribution is 5.90. The molecule has 0 N–H and O–H groups in total. The summed E-state index contributed by atoms with van der Waals surface area (Å²) >= 11 is 0. The Bertz CT molecular complexity index is 827. The molecule has 0 fully saturated rings. The number of nitrogens with zero attached hydrogens (tertiary/aromatic N) is 3. The summed E-state index contributed by atoms with van der Waals surface area (Å²) < 4.78 is 5.31. The summed E-state index contributed by atoms with van der Waals surface area (Å²) in [5.74, 6) is 0.490. The average molecular weight is 305 g/mol. The number of nitro groups is 1. The van der Waals surface area contributed by atoms with E-state index in [2.05, 4.69) is 6.07 Å². The zero-order valence-corrected chi connectivity index (χ0v) is 12.0. The van der Waals surface area contributed by atoms with Crippen LogP contribution in [0.2, 0.25) is 0 Å². The van der Waals surface area contributed by atoms with E-state index in [1.807, 2.05) is 6.07 Å². The van der Waals surface area contributed by atoms with Crippen LogP contribution < -0.4 is 4.74 Å². The van der Waals surface area contributed by atoms with E-state index in [1.54, 1.807) is 30.3 Å². The fourth-order valence-electron chi connectivity index (χ4n) is 1.94. The summed E-state index contributed by atoms with van der Waals surface area (Å²) in [5.41, 5.74) is 1.52. The molecule has 23 heavy (non-hydrogen) atoms. The van der Waals surface area contributed by atoms with Crippen molar-refractivity contribution in [3.8, 4) is 17.9 Å². The average Bonchev–Trinajstić information content (AvgIpc) is 2.58. The zero-order chi connectivity index (χ0) is 16.7. The van der Waals surface area contributed by atoms with Crippen molar-refractivity contribution in [2.24, 2.45) is 0 Å². The second-order valence-corrected chi connectivity index (χ2v) is 4.46. The van der Waals surface area contributed by atoms with Crippen LogP contribution in [-0.4, -0.2) is 11.5 Å². The third-order valence-electron chi connectivity index (χ3n) is 3.02. The van der Waals surface area contributed by atoms with E-state index >= 15 is 0 Å². The number of nitriles is 2. The van der Waals surface area contributed by atoms with Gasteiger partial charge in [0, 0.05) is 17.7 Å². The quantitative estimate of drug-likeness (QED) is 0.364. The molecule has 6 heteroatoms. The van der Waals surface area contributed by atoms with Gasteiger partial charge in [-0.05, 0) is 29.8 Å². The summed E-state index contributed by atoms with van der Waals surface area (Å²) in [7, 11) is 0. The van der Waals surface area contributed by atoms with Crippen molar-refractivity contribution in [1.82, 2.24) is 0 Å². The first-order valence-electron chi connectivity index (χ1n) is 6.61. The van der Waals surface area contributed by atoms with Gasteiger partial charge in [0.15, 0.2) is 6.61 Å². The number of rotatable bonds is 5. The van der Waals surface area contributed by atoms with E-state index in [9.17, 15) is 15.4 Å². The maximum absolute atomic E-state index is 10.7. The lowest BCUT2D eigenvalue weighted by molar-refractivity contribution is -0.384. The molecule has 0 aromatic heterocycles. The summed E-state index contributed by atoms with van der Waals surface area (Å²) in [6.07, 6.45) is 1.62. The van der Waals surface area contributed by atoms with Gasteiger partial charge < -0.3 is 4.74 Å². The standard InChI is InChI=1S/C17H11N3O3/c18-9-10-23-17-4-2-1-3-14(17)11-15(12-19)13-5-7-16(8-6-13)20(21)22/h1-8,11H,10H2/b15-11-. The summed E-state index contributed by atoms with van der Waals surface area (Å²) in [6.45, 7) is -0.0930. The van der Waals surface area contributed by atoms with Crippen LogP contribution in [0, 0.1) is 32.8 Å². The van der Waals surface area contributed by atoms with E-state index in [1.165, 1.54) is 24.3 Å².